The highest BCUT2D eigenvalue weighted by Crippen LogP contribution is 2.28. The van der Waals surface area contributed by atoms with E-state index in [4.69, 9.17) is 9.15 Å². The number of rotatable bonds is 4. The Morgan fingerprint density at radius 2 is 1.89 bits per heavy atom. The molecule has 7 heteroatoms. The highest BCUT2D eigenvalue weighted by Gasteiger charge is 2.15. The van der Waals surface area contributed by atoms with Crippen molar-refractivity contribution in [1.29, 1.82) is 0 Å². The molecule has 0 aliphatic rings. The number of carbonyl (C=O) groups is 2. The average Bonchev–Trinajstić information content (AvgIpc) is 3.34. The van der Waals surface area contributed by atoms with Crippen LogP contribution in [0.25, 0.3) is 21.5 Å². The van der Waals surface area contributed by atoms with Gasteiger partial charge in [0.25, 0.3) is 5.91 Å². The molecule has 0 radical (unpaired) electrons. The number of hydrogen-bond donors (Lipinski definition) is 1. The summed E-state index contributed by atoms with van der Waals surface area (Å²) in [4.78, 5) is 28.4. The second kappa shape index (κ2) is 7.05. The second-order valence-corrected chi connectivity index (χ2v) is 6.71. The summed E-state index contributed by atoms with van der Waals surface area (Å²) in [5, 5.41) is 3.16. The number of hydrogen-bond acceptors (Lipinski definition) is 6. The maximum Gasteiger partial charge on any atom is 0.337 e. The second-order valence-electron chi connectivity index (χ2n) is 5.68. The van der Waals surface area contributed by atoms with Crippen molar-refractivity contribution < 1.29 is 18.7 Å². The number of nitrogens with one attached hydrogen (secondary N) is 1. The minimum Gasteiger partial charge on any atom is -0.465 e. The molecule has 0 spiro atoms. The van der Waals surface area contributed by atoms with Crippen LogP contribution in [0.15, 0.2) is 65.1 Å². The third-order valence-corrected chi connectivity index (χ3v) is 4.85. The zero-order valence-corrected chi connectivity index (χ0v) is 15.1. The molecule has 0 unspecified atom stereocenters. The SMILES string of the molecule is COC(=O)c1ccc2nc(NC(=O)c3ccc(-c4ccccc4)o3)sc2c1. The Kier molecular flexibility index (Phi) is 4.43. The summed E-state index contributed by atoms with van der Waals surface area (Å²) in [5.74, 6) is 0.0143. The Morgan fingerprint density at radius 1 is 1.07 bits per heavy atom. The number of ether oxygens (including phenoxy) is 1. The van der Waals surface area contributed by atoms with E-state index in [0.717, 1.165) is 10.3 Å². The fourth-order valence-electron chi connectivity index (χ4n) is 2.60. The highest BCUT2D eigenvalue weighted by atomic mass is 32.1. The number of benzene rings is 2. The largest absolute Gasteiger partial charge is 0.465 e. The van der Waals surface area contributed by atoms with Gasteiger partial charge in [0.05, 0.1) is 22.9 Å². The summed E-state index contributed by atoms with van der Waals surface area (Å²) in [5.41, 5.74) is 2.02. The van der Waals surface area contributed by atoms with Crippen LogP contribution in [0, 0.1) is 0 Å². The zero-order valence-electron chi connectivity index (χ0n) is 14.3. The first kappa shape index (κ1) is 17.0. The van der Waals surface area contributed by atoms with Crippen LogP contribution >= 0.6 is 11.3 Å². The van der Waals surface area contributed by atoms with E-state index in [2.05, 4.69) is 10.3 Å². The summed E-state index contributed by atoms with van der Waals surface area (Å²) < 4.78 is 11.1. The van der Waals surface area contributed by atoms with E-state index in [1.807, 2.05) is 30.3 Å². The van der Waals surface area contributed by atoms with Crippen LogP contribution < -0.4 is 5.32 Å². The zero-order chi connectivity index (χ0) is 18.8. The number of fused-ring (bicyclic) bond motifs is 1. The molecule has 0 aliphatic heterocycles. The maximum atomic E-state index is 12.4. The smallest absolute Gasteiger partial charge is 0.337 e. The lowest BCUT2D eigenvalue weighted by atomic mass is 10.2. The maximum absolute atomic E-state index is 12.4. The Labute approximate surface area is 158 Å². The fourth-order valence-corrected chi connectivity index (χ4v) is 3.50. The van der Waals surface area contributed by atoms with Gasteiger partial charge in [0.1, 0.15) is 5.76 Å². The Morgan fingerprint density at radius 3 is 2.67 bits per heavy atom. The molecule has 0 saturated carbocycles. The topological polar surface area (TPSA) is 81.4 Å². The van der Waals surface area contributed by atoms with Gasteiger partial charge in [-0.2, -0.15) is 0 Å². The van der Waals surface area contributed by atoms with Crippen molar-refractivity contribution in [3.8, 4) is 11.3 Å². The highest BCUT2D eigenvalue weighted by molar-refractivity contribution is 7.22. The lowest BCUT2D eigenvalue weighted by molar-refractivity contribution is 0.0601. The van der Waals surface area contributed by atoms with E-state index in [0.29, 0.717) is 22.0 Å². The van der Waals surface area contributed by atoms with Crippen molar-refractivity contribution in [2.75, 3.05) is 12.4 Å². The van der Waals surface area contributed by atoms with Gasteiger partial charge in [0.2, 0.25) is 0 Å². The predicted molar refractivity (Wildman–Crippen MR) is 103 cm³/mol. The number of thiazole rings is 1. The molecule has 2 aromatic carbocycles. The van der Waals surface area contributed by atoms with Crippen molar-refractivity contribution in [2.24, 2.45) is 0 Å². The molecule has 4 rings (SSSR count). The van der Waals surface area contributed by atoms with Crippen LogP contribution in [-0.4, -0.2) is 24.0 Å². The van der Waals surface area contributed by atoms with Gasteiger partial charge in [0.15, 0.2) is 10.9 Å². The summed E-state index contributed by atoms with van der Waals surface area (Å²) in [7, 11) is 1.33. The molecule has 27 heavy (non-hydrogen) atoms. The third-order valence-electron chi connectivity index (χ3n) is 3.92. The predicted octanol–water partition coefficient (Wildman–Crippen LogP) is 4.60. The normalized spacial score (nSPS) is 10.7. The summed E-state index contributed by atoms with van der Waals surface area (Å²) in [6.07, 6.45) is 0. The van der Waals surface area contributed by atoms with Crippen LogP contribution in [-0.2, 0) is 4.74 Å². The molecule has 0 saturated heterocycles. The minimum atomic E-state index is -0.417. The lowest BCUT2D eigenvalue weighted by Gasteiger charge is -1.98. The minimum absolute atomic E-state index is 0.198. The quantitative estimate of drug-likeness (QED) is 0.525. The first-order chi connectivity index (χ1) is 13.1. The molecule has 0 aliphatic carbocycles. The Balaban J connectivity index is 1.54. The van der Waals surface area contributed by atoms with Gasteiger partial charge in [-0.1, -0.05) is 41.7 Å². The monoisotopic (exact) mass is 378 g/mol. The fraction of sp³-hybridized carbons (Fsp3) is 0.0500. The summed E-state index contributed by atoms with van der Waals surface area (Å²) in [6, 6.07) is 18.0. The van der Waals surface area contributed by atoms with Gasteiger partial charge < -0.3 is 9.15 Å². The van der Waals surface area contributed by atoms with Crippen molar-refractivity contribution in [3.63, 3.8) is 0 Å². The molecular formula is C20H14N2O4S. The molecule has 2 aromatic heterocycles. The molecular weight excluding hydrogens is 364 g/mol. The number of methoxy groups -OCH3 is 1. The summed E-state index contributed by atoms with van der Waals surface area (Å²) in [6.45, 7) is 0. The standard InChI is InChI=1S/C20H14N2O4S/c1-25-19(24)13-7-8-14-17(11-13)27-20(21-14)22-18(23)16-10-9-15(26-16)12-5-3-2-4-6-12/h2-11H,1H3,(H,21,22,23). The van der Waals surface area contributed by atoms with Crippen LogP contribution in [0.5, 0.6) is 0 Å². The van der Waals surface area contributed by atoms with E-state index in [1.165, 1.54) is 18.4 Å². The number of anilines is 1. The first-order valence-electron chi connectivity index (χ1n) is 8.09. The van der Waals surface area contributed by atoms with Gasteiger partial charge in [0, 0.05) is 5.56 Å². The molecule has 134 valence electrons. The van der Waals surface area contributed by atoms with Crippen LogP contribution in [0.4, 0.5) is 5.13 Å². The van der Waals surface area contributed by atoms with E-state index < -0.39 is 5.97 Å². The van der Waals surface area contributed by atoms with Crippen molar-refractivity contribution in [3.05, 3.63) is 72.0 Å². The number of carbonyl (C=O) groups excluding carboxylic acids is 2. The summed E-state index contributed by atoms with van der Waals surface area (Å²) >= 11 is 1.27. The van der Waals surface area contributed by atoms with E-state index in [-0.39, 0.29) is 11.7 Å². The average molecular weight is 378 g/mol. The van der Waals surface area contributed by atoms with Crippen molar-refractivity contribution in [2.45, 2.75) is 0 Å². The van der Waals surface area contributed by atoms with Crippen molar-refractivity contribution in [1.82, 2.24) is 4.98 Å². The molecule has 2 heterocycles. The Bertz CT molecular complexity index is 1130. The number of amides is 1. The van der Waals surface area contributed by atoms with Crippen LogP contribution in [0.3, 0.4) is 0 Å². The lowest BCUT2D eigenvalue weighted by Crippen LogP contribution is -2.10. The first-order valence-corrected chi connectivity index (χ1v) is 8.91. The molecule has 4 aromatic rings. The van der Waals surface area contributed by atoms with Gasteiger partial charge in [-0.25, -0.2) is 9.78 Å². The molecule has 0 fully saturated rings. The van der Waals surface area contributed by atoms with E-state index in [9.17, 15) is 9.59 Å². The third kappa shape index (κ3) is 3.45. The number of furan rings is 1. The van der Waals surface area contributed by atoms with E-state index in [1.54, 1.807) is 30.3 Å². The molecule has 6 nitrogen and oxygen atoms in total. The number of aromatic nitrogens is 1. The van der Waals surface area contributed by atoms with Gasteiger partial charge >= 0.3 is 5.97 Å². The van der Waals surface area contributed by atoms with Gasteiger partial charge in [-0.15, -0.1) is 0 Å². The van der Waals surface area contributed by atoms with E-state index >= 15 is 0 Å². The number of esters is 1. The molecule has 1 amide bonds. The Hall–Kier alpha value is -3.45. The molecule has 1 N–H and O–H groups in total. The van der Waals surface area contributed by atoms with Gasteiger partial charge in [-0.05, 0) is 30.3 Å². The molecule has 0 atom stereocenters. The molecule has 0 bridgehead atoms. The van der Waals surface area contributed by atoms with Crippen molar-refractivity contribution >= 4 is 38.6 Å². The van der Waals surface area contributed by atoms with Crippen LogP contribution in [0.2, 0.25) is 0 Å². The van der Waals surface area contributed by atoms with Gasteiger partial charge in [-0.3, -0.25) is 10.1 Å². The number of nitrogens with zero attached hydrogens (tertiary/aromatic N) is 1. The van der Waals surface area contributed by atoms with Crippen LogP contribution in [0.1, 0.15) is 20.9 Å².